The van der Waals surface area contributed by atoms with Gasteiger partial charge in [-0.2, -0.15) is 0 Å². The molecule has 126 valence electrons. The molecule has 7 heteroatoms. The number of carbonyl (C=O) groups is 1. The first-order valence-electron chi connectivity index (χ1n) is 7.46. The Morgan fingerprint density at radius 1 is 1.21 bits per heavy atom. The molecule has 7 nitrogen and oxygen atoms in total. The SMILES string of the molecule is Cc1ccccc1C(O)CNC(=O)NCc1cccc([N+](=O)[O-])c1. The quantitative estimate of drug-likeness (QED) is 0.559. The first-order valence-corrected chi connectivity index (χ1v) is 7.46. The number of rotatable bonds is 6. The Labute approximate surface area is 139 Å². The van der Waals surface area contributed by atoms with Gasteiger partial charge in [-0.1, -0.05) is 36.4 Å². The van der Waals surface area contributed by atoms with Crippen LogP contribution < -0.4 is 10.6 Å². The molecule has 0 bridgehead atoms. The van der Waals surface area contributed by atoms with E-state index in [1.54, 1.807) is 12.1 Å². The highest BCUT2D eigenvalue weighted by Crippen LogP contribution is 2.16. The number of non-ortho nitro benzene ring substituents is 1. The maximum atomic E-state index is 11.8. The molecule has 2 rings (SSSR count). The largest absolute Gasteiger partial charge is 0.387 e. The van der Waals surface area contributed by atoms with Crippen molar-refractivity contribution in [3.05, 3.63) is 75.3 Å². The highest BCUT2D eigenvalue weighted by Gasteiger charge is 2.11. The lowest BCUT2D eigenvalue weighted by atomic mass is 10.0. The van der Waals surface area contributed by atoms with Gasteiger partial charge >= 0.3 is 6.03 Å². The number of urea groups is 1. The molecule has 1 unspecified atom stereocenters. The Bertz CT molecular complexity index is 733. The summed E-state index contributed by atoms with van der Waals surface area (Å²) in [5, 5.41) is 26.0. The average molecular weight is 329 g/mol. The van der Waals surface area contributed by atoms with E-state index in [0.717, 1.165) is 11.1 Å². The van der Waals surface area contributed by atoms with Crippen molar-refractivity contribution in [2.45, 2.75) is 19.6 Å². The lowest BCUT2D eigenvalue weighted by Crippen LogP contribution is -2.37. The summed E-state index contributed by atoms with van der Waals surface area (Å²) in [6.07, 6.45) is -0.797. The lowest BCUT2D eigenvalue weighted by molar-refractivity contribution is -0.384. The van der Waals surface area contributed by atoms with Gasteiger partial charge in [-0.15, -0.1) is 0 Å². The van der Waals surface area contributed by atoms with Gasteiger partial charge in [0.2, 0.25) is 0 Å². The fourth-order valence-corrected chi connectivity index (χ4v) is 2.28. The van der Waals surface area contributed by atoms with Gasteiger partial charge in [-0.05, 0) is 23.6 Å². The third-order valence-electron chi connectivity index (χ3n) is 3.58. The Kier molecular flexibility index (Phi) is 5.86. The summed E-state index contributed by atoms with van der Waals surface area (Å²) >= 11 is 0. The van der Waals surface area contributed by atoms with Crippen LogP contribution in [0.4, 0.5) is 10.5 Å². The molecule has 2 amide bonds. The molecule has 0 fully saturated rings. The number of hydrogen-bond donors (Lipinski definition) is 3. The Hall–Kier alpha value is -2.93. The number of hydrogen-bond acceptors (Lipinski definition) is 4. The number of aliphatic hydroxyl groups excluding tert-OH is 1. The van der Waals surface area contributed by atoms with Gasteiger partial charge in [0.15, 0.2) is 0 Å². The van der Waals surface area contributed by atoms with Crippen molar-refractivity contribution < 1.29 is 14.8 Å². The Morgan fingerprint density at radius 3 is 2.67 bits per heavy atom. The van der Waals surface area contributed by atoms with E-state index in [-0.39, 0.29) is 18.8 Å². The van der Waals surface area contributed by atoms with Crippen LogP contribution in [0.5, 0.6) is 0 Å². The average Bonchev–Trinajstić information content (AvgIpc) is 2.58. The third-order valence-corrected chi connectivity index (χ3v) is 3.58. The van der Waals surface area contributed by atoms with E-state index in [2.05, 4.69) is 10.6 Å². The second kappa shape index (κ2) is 8.07. The number of nitro benzene ring substituents is 1. The Morgan fingerprint density at radius 2 is 1.96 bits per heavy atom. The molecule has 0 aromatic heterocycles. The first kappa shape index (κ1) is 17.4. The zero-order valence-corrected chi connectivity index (χ0v) is 13.2. The van der Waals surface area contributed by atoms with Gasteiger partial charge in [-0.3, -0.25) is 10.1 Å². The summed E-state index contributed by atoms with van der Waals surface area (Å²) in [7, 11) is 0. The van der Waals surface area contributed by atoms with Crippen LogP contribution >= 0.6 is 0 Å². The molecular formula is C17H19N3O4. The van der Waals surface area contributed by atoms with Gasteiger partial charge < -0.3 is 15.7 Å². The van der Waals surface area contributed by atoms with E-state index in [1.807, 2.05) is 31.2 Å². The summed E-state index contributed by atoms with van der Waals surface area (Å²) < 4.78 is 0. The summed E-state index contributed by atoms with van der Waals surface area (Å²) in [5.41, 5.74) is 2.31. The lowest BCUT2D eigenvalue weighted by Gasteiger charge is -2.15. The van der Waals surface area contributed by atoms with Gasteiger partial charge in [0.25, 0.3) is 5.69 Å². The molecular weight excluding hydrogens is 310 g/mol. The van der Waals surface area contributed by atoms with Crippen molar-refractivity contribution in [3.8, 4) is 0 Å². The zero-order valence-electron chi connectivity index (χ0n) is 13.2. The minimum atomic E-state index is -0.797. The molecule has 0 aliphatic carbocycles. The van der Waals surface area contributed by atoms with Crippen LogP contribution in [0.3, 0.4) is 0 Å². The Balaban J connectivity index is 1.82. The molecule has 24 heavy (non-hydrogen) atoms. The number of nitrogens with zero attached hydrogens (tertiary/aromatic N) is 1. The number of amides is 2. The van der Waals surface area contributed by atoms with Crippen molar-refractivity contribution in [3.63, 3.8) is 0 Å². The summed E-state index contributed by atoms with van der Waals surface area (Å²) in [5.74, 6) is 0. The fourth-order valence-electron chi connectivity index (χ4n) is 2.28. The van der Waals surface area contributed by atoms with E-state index >= 15 is 0 Å². The summed E-state index contributed by atoms with van der Waals surface area (Å²) in [4.78, 5) is 22.0. The smallest absolute Gasteiger partial charge is 0.315 e. The molecule has 2 aromatic rings. The van der Waals surface area contributed by atoms with Crippen LogP contribution in [0.2, 0.25) is 0 Å². The molecule has 0 spiro atoms. The predicted molar refractivity (Wildman–Crippen MR) is 89.5 cm³/mol. The molecule has 0 aliphatic heterocycles. The van der Waals surface area contributed by atoms with Crippen LogP contribution in [-0.4, -0.2) is 22.6 Å². The molecule has 0 heterocycles. The standard InChI is InChI=1S/C17H19N3O4/c1-12-5-2-3-8-15(12)16(21)11-19-17(22)18-10-13-6-4-7-14(9-13)20(23)24/h2-9,16,21H,10-11H2,1H3,(H2,18,19,22). The van der Waals surface area contributed by atoms with E-state index in [4.69, 9.17) is 0 Å². The normalized spacial score (nSPS) is 11.6. The van der Waals surface area contributed by atoms with Crippen molar-refractivity contribution in [1.82, 2.24) is 10.6 Å². The topological polar surface area (TPSA) is 104 Å². The highest BCUT2D eigenvalue weighted by atomic mass is 16.6. The molecule has 0 saturated carbocycles. The zero-order chi connectivity index (χ0) is 17.5. The first-order chi connectivity index (χ1) is 11.5. The van der Waals surface area contributed by atoms with Crippen LogP contribution in [-0.2, 0) is 6.54 Å². The van der Waals surface area contributed by atoms with Crippen molar-refractivity contribution in [2.75, 3.05) is 6.54 Å². The molecule has 1 atom stereocenters. The minimum absolute atomic E-state index is 0.0234. The van der Waals surface area contributed by atoms with E-state index in [0.29, 0.717) is 5.56 Å². The fraction of sp³-hybridized carbons (Fsp3) is 0.235. The van der Waals surface area contributed by atoms with Crippen molar-refractivity contribution in [1.29, 1.82) is 0 Å². The second-order valence-corrected chi connectivity index (χ2v) is 5.36. The number of nitro groups is 1. The number of nitrogens with one attached hydrogen (secondary N) is 2. The number of aryl methyl sites for hydroxylation is 1. The van der Waals surface area contributed by atoms with E-state index in [1.165, 1.54) is 12.1 Å². The van der Waals surface area contributed by atoms with Crippen LogP contribution in [0.25, 0.3) is 0 Å². The van der Waals surface area contributed by atoms with Crippen molar-refractivity contribution >= 4 is 11.7 Å². The molecule has 0 aliphatic rings. The maximum Gasteiger partial charge on any atom is 0.315 e. The number of benzene rings is 2. The number of aliphatic hydroxyl groups is 1. The van der Waals surface area contributed by atoms with Gasteiger partial charge in [0, 0.05) is 25.2 Å². The van der Waals surface area contributed by atoms with Crippen LogP contribution in [0.15, 0.2) is 48.5 Å². The third kappa shape index (κ3) is 4.79. The van der Waals surface area contributed by atoms with Crippen LogP contribution in [0.1, 0.15) is 22.8 Å². The van der Waals surface area contributed by atoms with E-state index < -0.39 is 17.1 Å². The summed E-state index contributed by atoms with van der Waals surface area (Å²) in [6, 6.07) is 13.0. The maximum absolute atomic E-state index is 11.8. The highest BCUT2D eigenvalue weighted by molar-refractivity contribution is 5.73. The molecule has 2 aromatic carbocycles. The predicted octanol–water partition coefficient (Wildman–Crippen LogP) is 2.44. The van der Waals surface area contributed by atoms with Gasteiger partial charge in [0.1, 0.15) is 0 Å². The molecule has 3 N–H and O–H groups in total. The van der Waals surface area contributed by atoms with Crippen LogP contribution in [0, 0.1) is 17.0 Å². The second-order valence-electron chi connectivity index (χ2n) is 5.36. The van der Waals surface area contributed by atoms with Gasteiger partial charge in [0.05, 0.1) is 11.0 Å². The molecule has 0 radical (unpaired) electrons. The minimum Gasteiger partial charge on any atom is -0.387 e. The summed E-state index contributed by atoms with van der Waals surface area (Å²) in [6.45, 7) is 2.13. The van der Waals surface area contributed by atoms with Crippen molar-refractivity contribution in [2.24, 2.45) is 0 Å². The van der Waals surface area contributed by atoms with Gasteiger partial charge in [-0.25, -0.2) is 4.79 Å². The molecule has 0 saturated heterocycles. The van der Waals surface area contributed by atoms with E-state index in [9.17, 15) is 20.0 Å². The number of carbonyl (C=O) groups excluding carboxylic acids is 1. The monoisotopic (exact) mass is 329 g/mol.